The largest absolute Gasteiger partial charge is 0.461 e. The first-order chi connectivity index (χ1) is 6.63. The van der Waals surface area contributed by atoms with Crippen LogP contribution in [0.2, 0.25) is 4.34 Å². The standard InChI is InChI=1S/C9H8ClFO2S/c1-2-13-9(12)7(11)5-6-3-4-8(10)14-6/h3-5H,2H2,1H3/b7-5-. The van der Waals surface area contributed by atoms with Gasteiger partial charge in [0, 0.05) is 4.88 Å². The van der Waals surface area contributed by atoms with Gasteiger partial charge < -0.3 is 4.74 Å². The Bertz CT molecular complexity index is 359. The molecule has 0 atom stereocenters. The van der Waals surface area contributed by atoms with Crippen LogP contribution in [0.1, 0.15) is 11.8 Å². The van der Waals surface area contributed by atoms with Crippen molar-refractivity contribution < 1.29 is 13.9 Å². The van der Waals surface area contributed by atoms with Crippen molar-refractivity contribution in [2.24, 2.45) is 0 Å². The van der Waals surface area contributed by atoms with Gasteiger partial charge in [-0.15, -0.1) is 11.3 Å². The highest BCUT2D eigenvalue weighted by molar-refractivity contribution is 7.17. The van der Waals surface area contributed by atoms with E-state index >= 15 is 0 Å². The number of thiophene rings is 1. The lowest BCUT2D eigenvalue weighted by Gasteiger charge is -1.96. The van der Waals surface area contributed by atoms with Gasteiger partial charge in [0.05, 0.1) is 10.9 Å². The number of ether oxygens (including phenoxy) is 1. The highest BCUT2D eigenvalue weighted by Gasteiger charge is 2.09. The molecule has 0 amide bonds. The molecule has 1 rings (SSSR count). The topological polar surface area (TPSA) is 26.3 Å². The van der Waals surface area contributed by atoms with E-state index in [0.29, 0.717) is 9.21 Å². The maximum Gasteiger partial charge on any atom is 0.367 e. The van der Waals surface area contributed by atoms with Gasteiger partial charge in [-0.2, -0.15) is 4.39 Å². The first kappa shape index (κ1) is 11.2. The highest BCUT2D eigenvalue weighted by atomic mass is 35.5. The van der Waals surface area contributed by atoms with Crippen molar-refractivity contribution in [1.29, 1.82) is 0 Å². The van der Waals surface area contributed by atoms with Crippen LogP contribution in [0.3, 0.4) is 0 Å². The van der Waals surface area contributed by atoms with Crippen molar-refractivity contribution >= 4 is 35.0 Å². The lowest BCUT2D eigenvalue weighted by molar-refractivity contribution is -0.140. The molecule has 0 saturated carbocycles. The Morgan fingerprint density at radius 3 is 2.93 bits per heavy atom. The molecule has 14 heavy (non-hydrogen) atoms. The molecule has 0 saturated heterocycles. The maximum absolute atomic E-state index is 13.0. The Labute approximate surface area is 90.0 Å². The number of carbonyl (C=O) groups is 1. The number of rotatable bonds is 3. The number of hydrogen-bond acceptors (Lipinski definition) is 3. The Balaban J connectivity index is 2.73. The van der Waals surface area contributed by atoms with Crippen molar-refractivity contribution in [2.45, 2.75) is 6.92 Å². The van der Waals surface area contributed by atoms with Crippen LogP contribution in [0.15, 0.2) is 18.0 Å². The molecule has 0 aromatic carbocycles. The summed E-state index contributed by atoms with van der Waals surface area (Å²) in [7, 11) is 0. The van der Waals surface area contributed by atoms with Crippen LogP contribution in [0.4, 0.5) is 4.39 Å². The molecule has 0 radical (unpaired) electrons. The van der Waals surface area contributed by atoms with Crippen molar-refractivity contribution in [3.8, 4) is 0 Å². The fourth-order valence-corrected chi connectivity index (χ4v) is 1.78. The highest BCUT2D eigenvalue weighted by Crippen LogP contribution is 2.23. The second-order valence-corrected chi connectivity index (χ2v) is 4.10. The summed E-state index contributed by atoms with van der Waals surface area (Å²) in [6.07, 6.45) is 1.11. The monoisotopic (exact) mass is 234 g/mol. The van der Waals surface area contributed by atoms with E-state index in [2.05, 4.69) is 4.74 Å². The first-order valence-electron chi connectivity index (χ1n) is 3.93. The third kappa shape index (κ3) is 3.12. The van der Waals surface area contributed by atoms with E-state index in [1.807, 2.05) is 0 Å². The molecule has 2 nitrogen and oxygen atoms in total. The molecule has 0 aliphatic carbocycles. The zero-order chi connectivity index (χ0) is 10.6. The van der Waals surface area contributed by atoms with E-state index < -0.39 is 11.8 Å². The van der Waals surface area contributed by atoms with Crippen molar-refractivity contribution in [3.05, 3.63) is 27.2 Å². The molecule has 1 heterocycles. The Morgan fingerprint density at radius 2 is 2.43 bits per heavy atom. The summed E-state index contributed by atoms with van der Waals surface area (Å²) in [6.45, 7) is 1.78. The third-order valence-electron chi connectivity index (χ3n) is 1.33. The average Bonchev–Trinajstić information content (AvgIpc) is 2.51. The van der Waals surface area contributed by atoms with E-state index in [-0.39, 0.29) is 6.61 Å². The summed E-state index contributed by atoms with van der Waals surface area (Å²) < 4.78 is 18.0. The van der Waals surface area contributed by atoms with Crippen LogP contribution in [0.25, 0.3) is 6.08 Å². The van der Waals surface area contributed by atoms with E-state index in [4.69, 9.17) is 11.6 Å². The average molecular weight is 235 g/mol. The molecule has 76 valence electrons. The normalized spacial score (nSPS) is 11.5. The minimum absolute atomic E-state index is 0.158. The third-order valence-corrected chi connectivity index (χ3v) is 2.51. The molecule has 5 heteroatoms. The smallest absolute Gasteiger partial charge is 0.367 e. The molecular weight excluding hydrogens is 227 g/mol. The minimum Gasteiger partial charge on any atom is -0.461 e. The summed E-state index contributed by atoms with van der Waals surface area (Å²) in [4.78, 5) is 11.4. The maximum atomic E-state index is 13.0. The zero-order valence-electron chi connectivity index (χ0n) is 7.42. The van der Waals surface area contributed by atoms with Gasteiger partial charge in [0.1, 0.15) is 0 Å². The Morgan fingerprint density at radius 1 is 1.71 bits per heavy atom. The van der Waals surface area contributed by atoms with Crippen LogP contribution < -0.4 is 0 Å². The fraction of sp³-hybridized carbons (Fsp3) is 0.222. The summed E-state index contributed by atoms with van der Waals surface area (Å²) in [5.74, 6) is -1.86. The first-order valence-corrected chi connectivity index (χ1v) is 5.12. The predicted octanol–water partition coefficient (Wildman–Crippen LogP) is 3.28. The second kappa shape index (κ2) is 5.12. The van der Waals surface area contributed by atoms with Gasteiger partial charge in [0.25, 0.3) is 0 Å². The molecule has 1 aromatic rings. The van der Waals surface area contributed by atoms with Gasteiger partial charge in [-0.05, 0) is 25.1 Å². The van der Waals surface area contributed by atoms with Gasteiger partial charge in [0.15, 0.2) is 0 Å². The van der Waals surface area contributed by atoms with Crippen LogP contribution in [-0.2, 0) is 9.53 Å². The molecule has 0 aliphatic rings. The second-order valence-electron chi connectivity index (χ2n) is 2.35. The van der Waals surface area contributed by atoms with E-state index in [1.165, 1.54) is 11.3 Å². The Kier molecular flexibility index (Phi) is 4.10. The van der Waals surface area contributed by atoms with Gasteiger partial charge in [-0.1, -0.05) is 11.6 Å². The number of carbonyl (C=O) groups excluding carboxylic acids is 1. The number of halogens is 2. The number of esters is 1. The quantitative estimate of drug-likeness (QED) is 0.593. The summed E-state index contributed by atoms with van der Waals surface area (Å²) >= 11 is 6.83. The molecule has 0 bridgehead atoms. The predicted molar refractivity (Wildman–Crippen MR) is 55.0 cm³/mol. The molecule has 0 fully saturated rings. The lowest BCUT2D eigenvalue weighted by Crippen LogP contribution is -2.03. The van der Waals surface area contributed by atoms with E-state index in [9.17, 15) is 9.18 Å². The summed E-state index contributed by atoms with van der Waals surface area (Å²) in [5, 5.41) is 0. The van der Waals surface area contributed by atoms with Crippen molar-refractivity contribution in [1.82, 2.24) is 0 Å². The van der Waals surface area contributed by atoms with Crippen molar-refractivity contribution in [2.75, 3.05) is 6.61 Å². The van der Waals surface area contributed by atoms with Gasteiger partial charge in [0.2, 0.25) is 5.83 Å². The molecular formula is C9H8ClFO2S. The summed E-state index contributed by atoms with van der Waals surface area (Å²) in [6, 6.07) is 3.27. The van der Waals surface area contributed by atoms with Crippen LogP contribution >= 0.6 is 22.9 Å². The van der Waals surface area contributed by atoms with Crippen LogP contribution in [0, 0.1) is 0 Å². The molecule has 1 aromatic heterocycles. The summed E-state index contributed by atoms with van der Waals surface area (Å²) in [5.41, 5.74) is 0. The SMILES string of the molecule is CCOC(=O)/C(F)=C/c1ccc(Cl)s1. The fourth-order valence-electron chi connectivity index (χ4n) is 0.790. The van der Waals surface area contributed by atoms with Crippen molar-refractivity contribution in [3.63, 3.8) is 0 Å². The zero-order valence-corrected chi connectivity index (χ0v) is 8.99. The molecule has 0 unspecified atom stereocenters. The Hall–Kier alpha value is -0.870. The minimum atomic E-state index is -0.947. The van der Waals surface area contributed by atoms with Gasteiger partial charge in [-0.25, -0.2) is 4.79 Å². The van der Waals surface area contributed by atoms with Crippen LogP contribution in [-0.4, -0.2) is 12.6 Å². The van der Waals surface area contributed by atoms with Gasteiger partial charge >= 0.3 is 5.97 Å². The molecule has 0 N–H and O–H groups in total. The number of hydrogen-bond donors (Lipinski definition) is 0. The van der Waals surface area contributed by atoms with E-state index in [0.717, 1.165) is 6.08 Å². The lowest BCUT2D eigenvalue weighted by atomic mass is 10.4. The molecule has 0 aliphatic heterocycles. The molecule has 0 spiro atoms. The van der Waals surface area contributed by atoms with Crippen LogP contribution in [0.5, 0.6) is 0 Å². The van der Waals surface area contributed by atoms with E-state index in [1.54, 1.807) is 19.1 Å². The van der Waals surface area contributed by atoms with Gasteiger partial charge in [-0.3, -0.25) is 0 Å².